The maximum absolute atomic E-state index is 12.8. The first-order valence-electron chi connectivity index (χ1n) is 3.08. The predicted molar refractivity (Wildman–Crippen MR) is 39.7 cm³/mol. The first-order valence-corrected chi connectivity index (χ1v) is 4.54. The van der Waals surface area contributed by atoms with Gasteiger partial charge in [0.1, 0.15) is 0 Å². The van der Waals surface area contributed by atoms with E-state index >= 15 is 0 Å². The van der Waals surface area contributed by atoms with E-state index in [0.717, 1.165) is 25.4 Å². The zero-order chi connectivity index (χ0) is 9.72. The van der Waals surface area contributed by atoms with Crippen LogP contribution in [0.2, 0.25) is 0 Å². The zero-order valence-electron chi connectivity index (χ0n) is 6.76. The van der Waals surface area contributed by atoms with Crippen LogP contribution in [0, 0.1) is 6.58 Å². The van der Waals surface area contributed by atoms with Crippen molar-refractivity contribution in [3.8, 4) is 0 Å². The first-order chi connectivity index (χ1) is 5.49. The second-order valence-electron chi connectivity index (χ2n) is 2.00. The number of esters is 1. The van der Waals surface area contributed by atoms with E-state index in [-0.39, 0.29) is 5.57 Å². The summed E-state index contributed by atoms with van der Waals surface area (Å²) in [6.07, 6.45) is 0.966. The van der Waals surface area contributed by atoms with Gasteiger partial charge in [0.05, 0.1) is 0 Å². The van der Waals surface area contributed by atoms with Gasteiger partial charge in [-0.25, -0.2) is 0 Å². The minimum atomic E-state index is -0.721. The third-order valence-corrected chi connectivity index (χ3v) is 1.74. The monoisotopic (exact) mass is 339 g/mol. The molecule has 0 heterocycles. The third kappa shape index (κ3) is 3.72. The van der Waals surface area contributed by atoms with Gasteiger partial charge in [-0.3, -0.25) is 0 Å². The van der Waals surface area contributed by atoms with Gasteiger partial charge in [-0.1, -0.05) is 0 Å². The van der Waals surface area contributed by atoms with E-state index in [4.69, 9.17) is 6.58 Å². The summed E-state index contributed by atoms with van der Waals surface area (Å²) in [7, 11) is 1.19. The quantitative estimate of drug-likeness (QED) is 0.333. The number of carbonyl (C=O) groups excluding carboxylic acids is 1. The number of carbonyl (C=O) groups is 1. The molecule has 0 saturated heterocycles. The normalized spacial score (nSPS) is 10.8. The topological polar surface area (TPSA) is 26.3 Å². The molecule has 0 aromatic carbocycles. The Hall–Kier alpha value is -0.562. The van der Waals surface area contributed by atoms with E-state index in [9.17, 15) is 9.18 Å². The molecule has 0 aliphatic rings. The Kier molecular flexibility index (Phi) is 4.91. The Morgan fingerprint density at radius 2 is 2.17 bits per heavy atom. The molecule has 66 valence electrons. The summed E-state index contributed by atoms with van der Waals surface area (Å²) in [5, 5.41) is 0. The molecule has 0 fully saturated rings. The van der Waals surface area contributed by atoms with Gasteiger partial charge in [0.2, 0.25) is 0 Å². The molecule has 12 heavy (non-hydrogen) atoms. The third-order valence-electron chi connectivity index (χ3n) is 1.04. The molecule has 0 aromatic rings. The summed E-state index contributed by atoms with van der Waals surface area (Å²) in [5.74, 6) is -1.20. The minimum absolute atomic E-state index is 0.226. The second kappa shape index (κ2) is 5.15. The molecule has 0 radical (unpaired) electrons. The van der Waals surface area contributed by atoms with Gasteiger partial charge in [-0.15, -0.1) is 0 Å². The number of ether oxygens (including phenoxy) is 1. The number of hydrogen-bond donors (Lipinski definition) is 0. The Balaban J connectivity index is 4.44. The Morgan fingerprint density at radius 1 is 1.67 bits per heavy atom. The Bertz CT molecular complexity index is 256. The Labute approximate surface area is 81.5 Å². The number of hydrogen-bond acceptors (Lipinski definition) is 2. The first kappa shape index (κ1) is 11.4. The SMILES string of the molecule is [CH-]=C(/C=C(/F)[C](C)=[W])C(=O)OC. The fourth-order valence-corrected chi connectivity index (χ4v) is 0.627. The number of methoxy groups -OCH3 is 1. The number of allylic oxidation sites excluding steroid dienone is 1. The van der Waals surface area contributed by atoms with Crippen molar-refractivity contribution >= 4 is 9.87 Å². The van der Waals surface area contributed by atoms with Crippen molar-refractivity contribution < 1.29 is 33.3 Å². The summed E-state index contributed by atoms with van der Waals surface area (Å²) < 4.78 is 17.6. The van der Waals surface area contributed by atoms with Crippen LogP contribution in [-0.4, -0.2) is 17.0 Å². The summed E-state index contributed by atoms with van der Waals surface area (Å²) in [4.78, 5) is 10.7. The van der Waals surface area contributed by atoms with Gasteiger partial charge in [0.15, 0.2) is 0 Å². The van der Waals surface area contributed by atoms with Gasteiger partial charge in [-0.05, 0) is 0 Å². The van der Waals surface area contributed by atoms with Crippen LogP contribution < -0.4 is 0 Å². The van der Waals surface area contributed by atoms with E-state index < -0.39 is 11.8 Å². The van der Waals surface area contributed by atoms with Crippen molar-refractivity contribution in [2.75, 3.05) is 7.11 Å². The van der Waals surface area contributed by atoms with Crippen molar-refractivity contribution in [1.82, 2.24) is 0 Å². The molecule has 0 spiro atoms. The molecular formula is C8H8FO2W-. The molecule has 0 aromatic heterocycles. The van der Waals surface area contributed by atoms with Gasteiger partial charge in [-0.2, -0.15) is 0 Å². The van der Waals surface area contributed by atoms with Crippen LogP contribution in [0.1, 0.15) is 6.92 Å². The molecule has 0 aliphatic carbocycles. The molecule has 2 nitrogen and oxygen atoms in total. The standard InChI is InChI=1S/C8H8FO2.W/c1-4-7(9)5-6(2)8(10)11-3;/h2,5H,1,3H3;/q-1;/b7-5+;. The molecule has 0 amide bonds. The van der Waals surface area contributed by atoms with Gasteiger partial charge in [0, 0.05) is 0 Å². The van der Waals surface area contributed by atoms with E-state index in [2.05, 4.69) is 4.74 Å². The number of rotatable bonds is 3. The summed E-state index contributed by atoms with van der Waals surface area (Å²) >= 11 is 0.997. The van der Waals surface area contributed by atoms with E-state index in [1.54, 1.807) is 6.92 Å². The van der Waals surface area contributed by atoms with Crippen molar-refractivity contribution in [2.24, 2.45) is 0 Å². The van der Waals surface area contributed by atoms with Gasteiger partial charge in [0.25, 0.3) is 0 Å². The molecule has 0 bridgehead atoms. The van der Waals surface area contributed by atoms with Gasteiger partial charge >= 0.3 is 81.2 Å². The second-order valence-corrected chi connectivity index (χ2v) is 4.20. The summed E-state index contributed by atoms with van der Waals surface area (Å²) in [6, 6.07) is 0. The van der Waals surface area contributed by atoms with Crippen LogP contribution >= 0.6 is 0 Å². The fraction of sp³-hybridized carbons (Fsp3) is 0.250. The van der Waals surface area contributed by atoms with Crippen molar-refractivity contribution in [3.63, 3.8) is 0 Å². The summed E-state index contributed by atoms with van der Waals surface area (Å²) in [5.41, 5.74) is -0.226. The number of halogens is 1. The average Bonchev–Trinajstić information content (AvgIpc) is 2.02. The van der Waals surface area contributed by atoms with Crippen molar-refractivity contribution in [3.05, 3.63) is 24.1 Å². The molecule has 0 saturated carbocycles. The maximum atomic E-state index is 12.8. The molecule has 0 rings (SSSR count). The zero-order valence-corrected chi connectivity index (χ0v) is 9.69. The molecule has 4 heteroatoms. The van der Waals surface area contributed by atoms with E-state index in [0.29, 0.717) is 3.90 Å². The Morgan fingerprint density at radius 3 is 2.50 bits per heavy atom. The van der Waals surface area contributed by atoms with Crippen molar-refractivity contribution in [2.45, 2.75) is 6.92 Å². The average molecular weight is 339 g/mol. The predicted octanol–water partition coefficient (Wildman–Crippen LogP) is 1.11. The van der Waals surface area contributed by atoms with Crippen LogP contribution in [0.5, 0.6) is 0 Å². The van der Waals surface area contributed by atoms with Crippen LogP contribution in [0.15, 0.2) is 17.5 Å². The molecule has 0 atom stereocenters. The fourth-order valence-electron chi connectivity index (χ4n) is 0.415. The van der Waals surface area contributed by atoms with Crippen LogP contribution in [0.3, 0.4) is 0 Å². The van der Waals surface area contributed by atoms with Gasteiger partial charge < -0.3 is 0 Å². The van der Waals surface area contributed by atoms with Crippen molar-refractivity contribution in [1.29, 1.82) is 0 Å². The van der Waals surface area contributed by atoms with Crippen LogP contribution in [0.25, 0.3) is 0 Å². The molecule has 0 aliphatic heterocycles. The van der Waals surface area contributed by atoms with Crippen LogP contribution in [0.4, 0.5) is 4.39 Å². The summed E-state index contributed by atoms with van der Waals surface area (Å²) in [6.45, 7) is 6.80. The molecule has 0 N–H and O–H groups in total. The van der Waals surface area contributed by atoms with E-state index in [1.165, 1.54) is 7.11 Å². The van der Waals surface area contributed by atoms with E-state index in [1.807, 2.05) is 0 Å². The van der Waals surface area contributed by atoms with Crippen LogP contribution in [-0.2, 0) is 28.9 Å². The molecular weight excluding hydrogens is 331 g/mol. The molecule has 0 unspecified atom stereocenters.